The first-order valence-electron chi connectivity index (χ1n) is 6.41. The van der Waals surface area contributed by atoms with Crippen molar-refractivity contribution >= 4 is 23.3 Å². The van der Waals surface area contributed by atoms with Gasteiger partial charge in [-0.3, -0.25) is 4.79 Å². The average molecular weight is 284 g/mol. The van der Waals surface area contributed by atoms with Gasteiger partial charge in [0.15, 0.2) is 0 Å². The number of amides is 1. The van der Waals surface area contributed by atoms with Crippen LogP contribution in [0.3, 0.4) is 0 Å². The average Bonchev–Trinajstić information content (AvgIpc) is 2.46. The summed E-state index contributed by atoms with van der Waals surface area (Å²) in [4.78, 5) is 24.5. The molecule has 0 atom stereocenters. The van der Waals surface area contributed by atoms with Crippen LogP contribution in [-0.4, -0.2) is 24.0 Å². The van der Waals surface area contributed by atoms with Crippen molar-refractivity contribution in [2.75, 3.05) is 17.7 Å². The van der Waals surface area contributed by atoms with E-state index in [2.05, 4.69) is 0 Å². The molecule has 21 heavy (non-hydrogen) atoms. The molecule has 0 fully saturated rings. The lowest BCUT2D eigenvalue weighted by Crippen LogP contribution is -2.27. The third-order valence-corrected chi connectivity index (χ3v) is 3.18. The molecule has 0 heterocycles. The first-order valence-corrected chi connectivity index (χ1v) is 6.41. The minimum Gasteiger partial charge on any atom is -0.478 e. The number of carbonyl (C=O) groups is 2. The number of nitrogens with two attached hydrogens (primary N) is 1. The van der Waals surface area contributed by atoms with Gasteiger partial charge in [0.1, 0.15) is 0 Å². The summed E-state index contributed by atoms with van der Waals surface area (Å²) >= 11 is 0. The Bertz CT molecular complexity index is 665. The maximum absolute atomic E-state index is 12.2. The minimum absolute atomic E-state index is 0.0938. The summed E-state index contributed by atoms with van der Waals surface area (Å²) in [7, 11) is 1.66. The Hall–Kier alpha value is -2.82. The van der Waals surface area contributed by atoms with Crippen LogP contribution in [0, 0.1) is 0 Å². The van der Waals surface area contributed by atoms with Crippen LogP contribution in [0.15, 0.2) is 48.5 Å². The normalized spacial score (nSPS) is 10.1. The van der Waals surface area contributed by atoms with Gasteiger partial charge in [-0.05, 0) is 42.0 Å². The highest BCUT2D eigenvalue weighted by Crippen LogP contribution is 2.16. The number of anilines is 2. The van der Waals surface area contributed by atoms with Gasteiger partial charge in [0.2, 0.25) is 5.91 Å². The highest BCUT2D eigenvalue weighted by atomic mass is 16.4. The van der Waals surface area contributed by atoms with Crippen molar-refractivity contribution < 1.29 is 14.7 Å². The first kappa shape index (κ1) is 14.6. The molecule has 0 aromatic heterocycles. The molecule has 2 aromatic rings. The Labute approximate surface area is 122 Å². The van der Waals surface area contributed by atoms with Crippen LogP contribution >= 0.6 is 0 Å². The van der Waals surface area contributed by atoms with Crippen LogP contribution in [-0.2, 0) is 11.2 Å². The monoisotopic (exact) mass is 284 g/mol. The van der Waals surface area contributed by atoms with Crippen molar-refractivity contribution in [2.45, 2.75) is 6.42 Å². The number of rotatable bonds is 4. The highest BCUT2D eigenvalue weighted by molar-refractivity contribution is 5.95. The molecular weight excluding hydrogens is 268 g/mol. The molecule has 3 N–H and O–H groups in total. The molecule has 0 saturated heterocycles. The second-order valence-corrected chi connectivity index (χ2v) is 4.73. The molecule has 1 amide bonds. The molecule has 0 aliphatic carbocycles. The van der Waals surface area contributed by atoms with E-state index in [1.165, 1.54) is 17.0 Å². The van der Waals surface area contributed by atoms with E-state index < -0.39 is 5.97 Å². The standard InChI is InChI=1S/C16H16N2O3/c1-18(14-7-5-12(6-8-14)16(20)21)15(19)10-11-3-2-4-13(17)9-11/h2-9H,10,17H2,1H3,(H,20,21). The Morgan fingerprint density at radius 1 is 1.14 bits per heavy atom. The molecule has 5 nitrogen and oxygen atoms in total. The first-order chi connectivity index (χ1) is 9.97. The minimum atomic E-state index is -0.990. The van der Waals surface area contributed by atoms with E-state index in [1.807, 2.05) is 6.07 Å². The van der Waals surface area contributed by atoms with Gasteiger partial charge in [-0.1, -0.05) is 12.1 Å². The molecular formula is C16H16N2O3. The Morgan fingerprint density at radius 3 is 2.38 bits per heavy atom. The fourth-order valence-corrected chi connectivity index (χ4v) is 1.97. The number of aromatic carboxylic acids is 1. The van der Waals surface area contributed by atoms with Gasteiger partial charge in [0.05, 0.1) is 12.0 Å². The van der Waals surface area contributed by atoms with E-state index in [1.54, 1.807) is 37.4 Å². The predicted octanol–water partition coefficient (Wildman–Crippen LogP) is 2.17. The number of benzene rings is 2. The van der Waals surface area contributed by atoms with Crippen molar-refractivity contribution in [1.82, 2.24) is 0 Å². The fourth-order valence-electron chi connectivity index (χ4n) is 1.97. The molecule has 0 radical (unpaired) electrons. The number of nitrogens with zero attached hydrogens (tertiary/aromatic N) is 1. The Kier molecular flexibility index (Phi) is 4.23. The molecule has 0 saturated carbocycles. The van der Waals surface area contributed by atoms with Crippen LogP contribution in [0.1, 0.15) is 15.9 Å². The fraction of sp³-hybridized carbons (Fsp3) is 0.125. The molecule has 0 aliphatic heterocycles. The number of hydrogen-bond donors (Lipinski definition) is 2. The van der Waals surface area contributed by atoms with Crippen molar-refractivity contribution in [3.05, 3.63) is 59.7 Å². The SMILES string of the molecule is CN(C(=O)Cc1cccc(N)c1)c1ccc(C(=O)O)cc1. The number of carboxylic acid groups (broad SMARTS) is 1. The Balaban J connectivity index is 2.10. The number of carbonyl (C=O) groups excluding carboxylic acids is 1. The second kappa shape index (κ2) is 6.09. The van der Waals surface area contributed by atoms with Crippen molar-refractivity contribution in [2.24, 2.45) is 0 Å². The van der Waals surface area contributed by atoms with E-state index in [0.717, 1.165) is 5.56 Å². The van der Waals surface area contributed by atoms with E-state index in [0.29, 0.717) is 11.4 Å². The smallest absolute Gasteiger partial charge is 0.335 e. The number of hydrogen-bond acceptors (Lipinski definition) is 3. The molecule has 108 valence electrons. The van der Waals surface area contributed by atoms with Gasteiger partial charge in [0.25, 0.3) is 0 Å². The molecule has 0 unspecified atom stereocenters. The maximum atomic E-state index is 12.2. The summed E-state index contributed by atoms with van der Waals surface area (Å²) in [6, 6.07) is 13.3. The zero-order valence-corrected chi connectivity index (χ0v) is 11.6. The lowest BCUT2D eigenvalue weighted by atomic mass is 10.1. The van der Waals surface area contributed by atoms with Crippen LogP contribution in [0.4, 0.5) is 11.4 Å². The lowest BCUT2D eigenvalue weighted by molar-refractivity contribution is -0.117. The van der Waals surface area contributed by atoms with Crippen molar-refractivity contribution in [3.8, 4) is 0 Å². The summed E-state index contributed by atoms with van der Waals surface area (Å²) in [6.45, 7) is 0. The zero-order valence-electron chi connectivity index (χ0n) is 11.6. The molecule has 0 bridgehead atoms. The third-order valence-electron chi connectivity index (χ3n) is 3.18. The van der Waals surface area contributed by atoms with E-state index in [4.69, 9.17) is 10.8 Å². The van der Waals surface area contributed by atoms with E-state index >= 15 is 0 Å². The topological polar surface area (TPSA) is 83.6 Å². The Morgan fingerprint density at radius 2 is 1.81 bits per heavy atom. The molecule has 0 spiro atoms. The van der Waals surface area contributed by atoms with Crippen LogP contribution < -0.4 is 10.6 Å². The predicted molar refractivity (Wildman–Crippen MR) is 81.4 cm³/mol. The summed E-state index contributed by atoms with van der Waals surface area (Å²) < 4.78 is 0. The summed E-state index contributed by atoms with van der Waals surface area (Å²) in [5, 5.41) is 8.85. The third kappa shape index (κ3) is 3.60. The van der Waals surface area contributed by atoms with Gasteiger partial charge < -0.3 is 15.7 Å². The molecule has 2 aromatic carbocycles. The lowest BCUT2D eigenvalue weighted by Gasteiger charge is -2.17. The molecule has 0 aliphatic rings. The largest absolute Gasteiger partial charge is 0.478 e. The quantitative estimate of drug-likeness (QED) is 0.843. The van der Waals surface area contributed by atoms with E-state index in [9.17, 15) is 9.59 Å². The van der Waals surface area contributed by atoms with Gasteiger partial charge in [-0.2, -0.15) is 0 Å². The number of nitrogen functional groups attached to an aromatic ring is 1. The highest BCUT2D eigenvalue weighted by Gasteiger charge is 2.12. The second-order valence-electron chi connectivity index (χ2n) is 4.73. The molecule has 5 heteroatoms. The van der Waals surface area contributed by atoms with E-state index in [-0.39, 0.29) is 17.9 Å². The van der Waals surface area contributed by atoms with Gasteiger partial charge >= 0.3 is 5.97 Å². The maximum Gasteiger partial charge on any atom is 0.335 e. The van der Waals surface area contributed by atoms with Crippen LogP contribution in [0.25, 0.3) is 0 Å². The molecule has 2 rings (SSSR count). The zero-order chi connectivity index (χ0) is 15.4. The summed E-state index contributed by atoms with van der Waals surface area (Å²) in [5.41, 5.74) is 7.98. The summed E-state index contributed by atoms with van der Waals surface area (Å²) in [6.07, 6.45) is 0.238. The van der Waals surface area contributed by atoms with Crippen molar-refractivity contribution in [1.29, 1.82) is 0 Å². The van der Waals surface area contributed by atoms with Crippen molar-refractivity contribution in [3.63, 3.8) is 0 Å². The van der Waals surface area contributed by atoms with Crippen LogP contribution in [0.5, 0.6) is 0 Å². The summed E-state index contributed by atoms with van der Waals surface area (Å²) in [5.74, 6) is -1.08. The van der Waals surface area contributed by atoms with Gasteiger partial charge in [-0.25, -0.2) is 4.79 Å². The van der Waals surface area contributed by atoms with Gasteiger partial charge in [-0.15, -0.1) is 0 Å². The van der Waals surface area contributed by atoms with Gasteiger partial charge in [0, 0.05) is 18.4 Å². The number of likely N-dealkylation sites (N-methyl/N-ethyl adjacent to an activating group) is 1. The van der Waals surface area contributed by atoms with Crippen LogP contribution in [0.2, 0.25) is 0 Å². The number of carboxylic acids is 1.